The maximum Gasteiger partial charge on any atom is 0.133 e. The predicted octanol–water partition coefficient (Wildman–Crippen LogP) is 3.90. The van der Waals surface area contributed by atoms with Gasteiger partial charge in [0.15, 0.2) is 0 Å². The first-order valence-electron chi connectivity index (χ1n) is 6.95. The van der Waals surface area contributed by atoms with Crippen LogP contribution in [-0.4, -0.2) is 22.4 Å². The molecule has 1 heterocycles. The number of nitrogens with zero attached hydrogens (tertiary/aromatic N) is 3. The minimum Gasteiger partial charge on any atom is -0.238 e. The summed E-state index contributed by atoms with van der Waals surface area (Å²) in [4.78, 5) is 0. The molecule has 0 aromatic heterocycles. The van der Waals surface area contributed by atoms with Gasteiger partial charge in [0.2, 0.25) is 0 Å². The molecule has 2 atom stereocenters. The summed E-state index contributed by atoms with van der Waals surface area (Å²) in [6.45, 7) is 4.03. The van der Waals surface area contributed by atoms with Crippen LogP contribution >= 0.6 is 0 Å². The number of nitrogens with one attached hydrogen (secondary N) is 1. The van der Waals surface area contributed by atoms with Crippen molar-refractivity contribution in [3.05, 3.63) is 71.9 Å². The van der Waals surface area contributed by atoms with Gasteiger partial charge in [0.1, 0.15) is 11.9 Å². The normalized spacial score (nSPS) is 33.3. The lowest BCUT2D eigenvalue weighted by Gasteiger charge is -2.21. The zero-order chi connectivity index (χ0) is 14.9. The molecule has 0 radical (unpaired) electrons. The number of rotatable bonds is 3. The summed E-state index contributed by atoms with van der Waals surface area (Å²) in [5.41, 5.74) is 8.78. The molecule has 106 valence electrons. The smallest absolute Gasteiger partial charge is 0.133 e. The Balaban J connectivity index is 1.86. The van der Waals surface area contributed by atoms with Crippen molar-refractivity contribution >= 4 is 6.34 Å². The molecule has 3 aliphatic rings. The van der Waals surface area contributed by atoms with Crippen molar-refractivity contribution in [2.24, 2.45) is 10.2 Å². The van der Waals surface area contributed by atoms with E-state index in [1.165, 1.54) is 0 Å². The van der Waals surface area contributed by atoms with Crippen LogP contribution in [0.4, 0.5) is 0 Å². The van der Waals surface area contributed by atoms with E-state index in [1.807, 2.05) is 48.7 Å². The molecule has 0 saturated heterocycles. The van der Waals surface area contributed by atoms with Crippen LogP contribution in [0.25, 0.3) is 0 Å². The highest BCUT2D eigenvalue weighted by atomic mass is 15.6. The summed E-state index contributed by atoms with van der Waals surface area (Å²) >= 11 is 0. The van der Waals surface area contributed by atoms with Crippen LogP contribution in [0.5, 0.6) is 0 Å². The van der Waals surface area contributed by atoms with Gasteiger partial charge < -0.3 is 0 Å². The third-order valence-corrected chi connectivity index (χ3v) is 3.92. The molecule has 0 aromatic rings. The lowest BCUT2D eigenvalue weighted by atomic mass is 9.99. The first-order valence-corrected chi connectivity index (χ1v) is 6.95. The average molecular weight is 278 g/mol. The van der Waals surface area contributed by atoms with E-state index in [2.05, 4.69) is 47.5 Å². The highest BCUT2D eigenvalue weighted by Crippen LogP contribution is 2.29. The van der Waals surface area contributed by atoms with Gasteiger partial charge in [0, 0.05) is 0 Å². The number of hydrogen-bond acceptors (Lipinski definition) is 4. The molecule has 4 heteroatoms. The second kappa shape index (κ2) is 4.81. The van der Waals surface area contributed by atoms with Crippen LogP contribution in [0.2, 0.25) is 0 Å². The minimum absolute atomic E-state index is 0.186. The number of allylic oxidation sites excluding steroid dienone is 8. The van der Waals surface area contributed by atoms with Crippen molar-refractivity contribution in [3.63, 3.8) is 0 Å². The van der Waals surface area contributed by atoms with E-state index in [4.69, 9.17) is 5.53 Å². The number of hydrazone groups is 1. The Bertz CT molecular complexity index is 669. The van der Waals surface area contributed by atoms with Gasteiger partial charge in [-0.2, -0.15) is 10.2 Å². The van der Waals surface area contributed by atoms with Crippen molar-refractivity contribution in [2.45, 2.75) is 24.9 Å². The van der Waals surface area contributed by atoms with Gasteiger partial charge in [0.25, 0.3) is 0 Å². The maximum atomic E-state index is 7.28. The first kappa shape index (κ1) is 13.5. The zero-order valence-electron chi connectivity index (χ0n) is 12.2. The van der Waals surface area contributed by atoms with Crippen molar-refractivity contribution in [2.75, 3.05) is 0 Å². The fourth-order valence-electron chi connectivity index (χ4n) is 2.32. The van der Waals surface area contributed by atoms with Crippen molar-refractivity contribution < 1.29 is 0 Å². The van der Waals surface area contributed by atoms with Gasteiger partial charge in [-0.15, -0.1) is 0 Å². The van der Waals surface area contributed by atoms with E-state index < -0.39 is 5.54 Å². The third-order valence-electron chi connectivity index (χ3n) is 3.92. The molecule has 1 aliphatic heterocycles. The summed E-state index contributed by atoms with van der Waals surface area (Å²) < 4.78 is 0. The van der Waals surface area contributed by atoms with E-state index in [1.54, 1.807) is 0 Å². The summed E-state index contributed by atoms with van der Waals surface area (Å²) in [5, 5.41) is 9.73. The highest BCUT2D eigenvalue weighted by molar-refractivity contribution is 5.68. The molecule has 0 amide bonds. The quantitative estimate of drug-likeness (QED) is 0.782. The second-order valence-electron chi connectivity index (χ2n) is 5.77. The van der Waals surface area contributed by atoms with Gasteiger partial charge in [-0.3, -0.25) is 0 Å². The van der Waals surface area contributed by atoms with Crippen LogP contribution in [0.1, 0.15) is 13.8 Å². The van der Waals surface area contributed by atoms with Crippen molar-refractivity contribution in [3.8, 4) is 0 Å². The Labute approximate surface area is 124 Å². The molecule has 3 rings (SSSR count). The van der Waals surface area contributed by atoms with E-state index in [0.29, 0.717) is 0 Å². The third kappa shape index (κ3) is 2.70. The monoisotopic (exact) mass is 278 g/mol. The molecule has 0 fully saturated rings. The van der Waals surface area contributed by atoms with E-state index >= 15 is 0 Å². The summed E-state index contributed by atoms with van der Waals surface area (Å²) in [5.74, 6) is 0. The van der Waals surface area contributed by atoms with Gasteiger partial charge in [-0.05, 0) is 25.0 Å². The molecule has 0 aromatic carbocycles. The number of hydrogen-bond donors (Lipinski definition) is 1. The van der Waals surface area contributed by atoms with Gasteiger partial charge in [-0.25, -0.2) is 10.5 Å². The fraction of sp³-hybridized carbons (Fsp3) is 0.235. The first-order chi connectivity index (χ1) is 10.0. The highest BCUT2D eigenvalue weighted by Gasteiger charge is 2.30. The molecule has 2 aliphatic carbocycles. The predicted molar refractivity (Wildman–Crippen MR) is 85.0 cm³/mol. The SMILES string of the molecule is CC1(N=N)C=CC=C(C2=CC=CC(C)(N3C=N3)C=C2)C=C1. The largest absolute Gasteiger partial charge is 0.238 e. The van der Waals surface area contributed by atoms with E-state index in [9.17, 15) is 0 Å². The van der Waals surface area contributed by atoms with E-state index in [0.717, 1.165) is 11.1 Å². The van der Waals surface area contributed by atoms with Gasteiger partial charge in [0.05, 0.1) is 5.54 Å². The molecule has 0 spiro atoms. The van der Waals surface area contributed by atoms with Crippen LogP contribution in [-0.2, 0) is 0 Å². The van der Waals surface area contributed by atoms with Crippen molar-refractivity contribution in [1.82, 2.24) is 5.01 Å². The molecule has 0 bridgehead atoms. The molecular formula is C17H18N4. The summed E-state index contributed by atoms with van der Waals surface area (Å²) in [7, 11) is 0. The van der Waals surface area contributed by atoms with E-state index in [-0.39, 0.29) is 5.54 Å². The average Bonchev–Trinajstić information content (AvgIpc) is 3.29. The van der Waals surface area contributed by atoms with Crippen molar-refractivity contribution in [1.29, 1.82) is 5.53 Å². The Hall–Kier alpha value is -2.49. The lowest BCUT2D eigenvalue weighted by molar-refractivity contribution is 0.400. The zero-order valence-corrected chi connectivity index (χ0v) is 12.2. The molecule has 0 saturated carbocycles. The molecule has 1 N–H and O–H groups in total. The van der Waals surface area contributed by atoms with Crippen LogP contribution in [0, 0.1) is 5.53 Å². The lowest BCUT2D eigenvalue weighted by Crippen LogP contribution is -2.29. The Morgan fingerprint density at radius 1 is 1.00 bits per heavy atom. The molecule has 2 unspecified atom stereocenters. The van der Waals surface area contributed by atoms with Crippen LogP contribution in [0.15, 0.2) is 82.1 Å². The minimum atomic E-state index is -0.550. The molecular weight excluding hydrogens is 260 g/mol. The second-order valence-corrected chi connectivity index (χ2v) is 5.77. The fourth-order valence-corrected chi connectivity index (χ4v) is 2.32. The Morgan fingerprint density at radius 2 is 1.62 bits per heavy atom. The summed E-state index contributed by atoms with van der Waals surface area (Å²) in [6, 6.07) is 0. The van der Waals surface area contributed by atoms with Gasteiger partial charge in [-0.1, -0.05) is 60.8 Å². The molecule has 4 nitrogen and oxygen atoms in total. The molecule has 21 heavy (non-hydrogen) atoms. The van der Waals surface area contributed by atoms with Gasteiger partial charge >= 0.3 is 0 Å². The topological polar surface area (TPSA) is 51.6 Å². The summed E-state index contributed by atoms with van der Waals surface area (Å²) in [6.07, 6.45) is 22.3. The van der Waals surface area contributed by atoms with Crippen LogP contribution in [0.3, 0.4) is 0 Å². The Morgan fingerprint density at radius 3 is 2.24 bits per heavy atom. The maximum absolute atomic E-state index is 7.28. The van der Waals surface area contributed by atoms with Crippen LogP contribution < -0.4 is 0 Å². The Kier molecular flexibility index (Phi) is 3.09. The standard InChI is InChI=1S/C17H18N4/c1-16(20-18)9-3-5-14(7-11-16)15-6-4-10-17(2,12-8-15)21-13-19-21/h3-13,18H,1-2H3.